The van der Waals surface area contributed by atoms with Gasteiger partial charge in [0.2, 0.25) is 0 Å². The van der Waals surface area contributed by atoms with Crippen LogP contribution in [0.5, 0.6) is 0 Å². The van der Waals surface area contributed by atoms with Gasteiger partial charge in [-0.1, -0.05) is 42.0 Å². The van der Waals surface area contributed by atoms with Crippen LogP contribution in [0.1, 0.15) is 45.9 Å². The Morgan fingerprint density at radius 2 is 1.56 bits per heavy atom. The number of halogens is 1. The monoisotopic (exact) mass is 431 g/mol. The third kappa shape index (κ3) is 4.46. The van der Waals surface area contributed by atoms with Crippen molar-refractivity contribution in [1.29, 1.82) is 0 Å². The van der Waals surface area contributed by atoms with Gasteiger partial charge in [-0.05, 0) is 84.3 Å². The Kier molecular flexibility index (Phi) is 6.43. The summed E-state index contributed by atoms with van der Waals surface area (Å²) >= 11 is 0. The molecule has 0 saturated heterocycles. The lowest BCUT2D eigenvalue weighted by Crippen LogP contribution is -2.15. The molecular formula is C28H30FNO2. The molecule has 0 bridgehead atoms. The van der Waals surface area contributed by atoms with E-state index in [0.29, 0.717) is 6.61 Å². The molecule has 1 aliphatic rings. The zero-order valence-corrected chi connectivity index (χ0v) is 19.3. The van der Waals surface area contributed by atoms with E-state index >= 15 is 0 Å². The molecule has 0 N–H and O–H groups in total. The minimum atomic E-state index is -0.212. The first-order valence-electron chi connectivity index (χ1n) is 11.2. The lowest BCUT2D eigenvalue weighted by atomic mass is 9.84. The van der Waals surface area contributed by atoms with Crippen LogP contribution in [0.4, 0.5) is 4.39 Å². The first-order valence-corrected chi connectivity index (χ1v) is 11.2. The summed E-state index contributed by atoms with van der Waals surface area (Å²) in [6, 6.07) is 15.2. The molecule has 1 heterocycles. The van der Waals surface area contributed by atoms with Crippen molar-refractivity contribution in [2.24, 2.45) is 0 Å². The van der Waals surface area contributed by atoms with Crippen molar-refractivity contribution in [3.63, 3.8) is 0 Å². The first kappa shape index (κ1) is 22.2. The SMILES string of the molecule is CCOC(=O)Cc1c(C)c2c(c(C)c1-c1ccc(C)cc1)CN(Cc1ccc(F)cc1)C2. The number of carbonyl (C=O) groups is 1. The maximum absolute atomic E-state index is 13.3. The van der Waals surface area contributed by atoms with Gasteiger partial charge in [-0.3, -0.25) is 9.69 Å². The molecule has 4 heteroatoms. The van der Waals surface area contributed by atoms with Crippen LogP contribution >= 0.6 is 0 Å². The highest BCUT2D eigenvalue weighted by Crippen LogP contribution is 2.40. The second kappa shape index (κ2) is 9.25. The van der Waals surface area contributed by atoms with Crippen molar-refractivity contribution in [3.05, 3.63) is 93.3 Å². The van der Waals surface area contributed by atoms with Gasteiger partial charge in [0, 0.05) is 19.6 Å². The Labute approximate surface area is 189 Å². The number of benzene rings is 3. The largest absolute Gasteiger partial charge is 0.466 e. The van der Waals surface area contributed by atoms with Crippen LogP contribution in [0.2, 0.25) is 0 Å². The summed E-state index contributed by atoms with van der Waals surface area (Å²) in [6.45, 7) is 11.0. The molecule has 3 aromatic rings. The Morgan fingerprint density at radius 3 is 2.19 bits per heavy atom. The van der Waals surface area contributed by atoms with Crippen LogP contribution in [-0.4, -0.2) is 17.5 Å². The van der Waals surface area contributed by atoms with Crippen molar-refractivity contribution in [1.82, 2.24) is 4.90 Å². The van der Waals surface area contributed by atoms with Crippen molar-refractivity contribution in [2.45, 2.75) is 53.8 Å². The van der Waals surface area contributed by atoms with E-state index in [2.05, 4.69) is 49.9 Å². The average Bonchev–Trinajstić information content (AvgIpc) is 3.19. The minimum absolute atomic E-state index is 0.190. The van der Waals surface area contributed by atoms with Crippen LogP contribution in [-0.2, 0) is 35.6 Å². The molecule has 0 aromatic heterocycles. The van der Waals surface area contributed by atoms with E-state index in [9.17, 15) is 9.18 Å². The highest BCUT2D eigenvalue weighted by atomic mass is 19.1. The highest BCUT2D eigenvalue weighted by molar-refractivity contribution is 5.82. The fraction of sp³-hybridized carbons (Fsp3) is 0.321. The van der Waals surface area contributed by atoms with Crippen molar-refractivity contribution < 1.29 is 13.9 Å². The van der Waals surface area contributed by atoms with E-state index < -0.39 is 0 Å². The fourth-order valence-electron chi connectivity index (χ4n) is 4.78. The number of hydrogen-bond acceptors (Lipinski definition) is 3. The highest BCUT2D eigenvalue weighted by Gasteiger charge is 2.28. The summed E-state index contributed by atoms with van der Waals surface area (Å²) in [5, 5.41) is 0. The quantitative estimate of drug-likeness (QED) is 0.446. The number of hydrogen-bond donors (Lipinski definition) is 0. The first-order chi connectivity index (χ1) is 15.4. The van der Waals surface area contributed by atoms with Gasteiger partial charge in [0.1, 0.15) is 5.82 Å². The van der Waals surface area contributed by atoms with Gasteiger partial charge < -0.3 is 4.74 Å². The molecule has 0 aliphatic carbocycles. The number of ether oxygens (including phenoxy) is 1. The summed E-state index contributed by atoms with van der Waals surface area (Å²) in [5.74, 6) is -0.402. The number of rotatable bonds is 6. The van der Waals surface area contributed by atoms with Crippen molar-refractivity contribution in [3.8, 4) is 11.1 Å². The van der Waals surface area contributed by atoms with Crippen molar-refractivity contribution >= 4 is 5.97 Å². The molecule has 3 nitrogen and oxygen atoms in total. The number of fused-ring (bicyclic) bond motifs is 1. The summed E-state index contributed by atoms with van der Waals surface area (Å²) in [4.78, 5) is 14.9. The topological polar surface area (TPSA) is 29.5 Å². The van der Waals surface area contributed by atoms with Crippen LogP contribution in [0.25, 0.3) is 11.1 Å². The lowest BCUT2D eigenvalue weighted by molar-refractivity contribution is -0.142. The van der Waals surface area contributed by atoms with Crippen LogP contribution in [0.15, 0.2) is 48.5 Å². The predicted octanol–water partition coefficient (Wildman–Crippen LogP) is 6.04. The standard InChI is InChI=1S/C28H30FNO2/c1-5-32-27(31)14-24-19(3)25-16-30(15-21-8-12-23(29)13-9-21)17-26(25)20(4)28(24)22-10-6-18(2)7-11-22/h6-13H,5,14-17H2,1-4H3. The number of nitrogens with zero attached hydrogens (tertiary/aromatic N) is 1. The lowest BCUT2D eigenvalue weighted by Gasteiger charge is -2.20. The van der Waals surface area contributed by atoms with Gasteiger partial charge >= 0.3 is 5.97 Å². The van der Waals surface area contributed by atoms with E-state index in [1.54, 1.807) is 0 Å². The van der Waals surface area contributed by atoms with Gasteiger partial charge in [0.25, 0.3) is 0 Å². The Morgan fingerprint density at radius 1 is 0.938 bits per heavy atom. The minimum Gasteiger partial charge on any atom is -0.466 e. The molecular weight excluding hydrogens is 401 g/mol. The fourth-order valence-corrected chi connectivity index (χ4v) is 4.78. The summed E-state index contributed by atoms with van der Waals surface area (Å²) in [5.41, 5.74) is 10.7. The van der Waals surface area contributed by atoms with Gasteiger partial charge in [-0.25, -0.2) is 4.39 Å². The van der Waals surface area contributed by atoms with E-state index in [1.165, 1.54) is 39.9 Å². The molecule has 1 aliphatic heterocycles. The Balaban J connectivity index is 1.75. The van der Waals surface area contributed by atoms with Gasteiger partial charge in [-0.15, -0.1) is 0 Å². The molecule has 4 rings (SSSR count). The molecule has 32 heavy (non-hydrogen) atoms. The van der Waals surface area contributed by atoms with E-state index in [0.717, 1.165) is 41.9 Å². The molecule has 0 amide bonds. The van der Waals surface area contributed by atoms with Gasteiger partial charge in [0.15, 0.2) is 0 Å². The number of carbonyl (C=O) groups excluding carboxylic acids is 1. The Hall–Kier alpha value is -2.98. The smallest absolute Gasteiger partial charge is 0.310 e. The van der Waals surface area contributed by atoms with Crippen LogP contribution in [0, 0.1) is 26.6 Å². The second-order valence-corrected chi connectivity index (χ2v) is 8.68. The zero-order valence-electron chi connectivity index (χ0n) is 19.3. The van der Waals surface area contributed by atoms with Crippen LogP contribution in [0.3, 0.4) is 0 Å². The maximum Gasteiger partial charge on any atom is 0.310 e. The number of esters is 1. The Bertz CT molecular complexity index is 1130. The van der Waals surface area contributed by atoms with Gasteiger partial charge in [0.05, 0.1) is 13.0 Å². The molecule has 0 unspecified atom stereocenters. The van der Waals surface area contributed by atoms with Gasteiger partial charge in [-0.2, -0.15) is 0 Å². The molecule has 0 spiro atoms. The molecule has 166 valence electrons. The number of aryl methyl sites for hydroxylation is 1. The van der Waals surface area contributed by atoms with Crippen LogP contribution < -0.4 is 0 Å². The third-order valence-electron chi connectivity index (χ3n) is 6.45. The van der Waals surface area contributed by atoms with E-state index in [1.807, 2.05) is 19.1 Å². The van der Waals surface area contributed by atoms with Crippen molar-refractivity contribution in [2.75, 3.05) is 6.61 Å². The average molecular weight is 432 g/mol. The third-order valence-corrected chi connectivity index (χ3v) is 6.45. The summed E-state index contributed by atoms with van der Waals surface area (Å²) in [7, 11) is 0. The second-order valence-electron chi connectivity index (χ2n) is 8.68. The molecule has 0 radical (unpaired) electrons. The van der Waals surface area contributed by atoms with E-state index in [-0.39, 0.29) is 18.2 Å². The molecule has 0 saturated carbocycles. The normalized spacial score (nSPS) is 13.3. The van der Waals surface area contributed by atoms with E-state index in [4.69, 9.17) is 4.74 Å². The molecule has 3 aromatic carbocycles. The summed E-state index contributed by atoms with van der Waals surface area (Å²) in [6.07, 6.45) is 0.273. The zero-order chi connectivity index (χ0) is 22.8. The predicted molar refractivity (Wildman–Crippen MR) is 126 cm³/mol. The molecule has 0 atom stereocenters. The maximum atomic E-state index is 13.3. The molecule has 0 fully saturated rings. The summed E-state index contributed by atoms with van der Waals surface area (Å²) < 4.78 is 18.6.